The first-order valence-electron chi connectivity index (χ1n) is 9.98. The van der Waals surface area contributed by atoms with Gasteiger partial charge in [-0.1, -0.05) is 25.3 Å². The number of nitrogens with one attached hydrogen (secondary N) is 2. The molecule has 3 aliphatic rings. The van der Waals surface area contributed by atoms with Gasteiger partial charge in [-0.05, 0) is 43.6 Å². The summed E-state index contributed by atoms with van der Waals surface area (Å²) in [5, 5.41) is 5.64. The molecular weight excluding hydrogens is 316 g/mol. The molecule has 3 nitrogen and oxygen atoms in total. The fourth-order valence-corrected chi connectivity index (χ4v) is 6.08. The zero-order chi connectivity index (χ0) is 16.4. The fraction of sp³-hybridized carbons (Fsp3) is 0.750. The van der Waals surface area contributed by atoms with Gasteiger partial charge in [0.05, 0.1) is 17.0 Å². The van der Waals surface area contributed by atoms with E-state index in [2.05, 4.69) is 22.8 Å². The van der Waals surface area contributed by atoms with Crippen molar-refractivity contribution in [2.75, 3.05) is 0 Å². The van der Waals surface area contributed by atoms with E-state index in [1.54, 1.807) is 4.90 Å². The first-order chi connectivity index (χ1) is 11.8. The van der Waals surface area contributed by atoms with E-state index in [4.69, 9.17) is 0 Å². The van der Waals surface area contributed by atoms with Gasteiger partial charge < -0.3 is 10.2 Å². The Morgan fingerprint density at radius 2 is 1.83 bits per heavy atom. The van der Waals surface area contributed by atoms with E-state index in [9.17, 15) is 4.79 Å². The van der Waals surface area contributed by atoms with Gasteiger partial charge in [0.1, 0.15) is 6.54 Å². The maximum Gasteiger partial charge on any atom is 0.223 e. The van der Waals surface area contributed by atoms with Crippen molar-refractivity contribution in [1.29, 1.82) is 0 Å². The van der Waals surface area contributed by atoms with Gasteiger partial charge in [-0.3, -0.25) is 4.79 Å². The summed E-state index contributed by atoms with van der Waals surface area (Å²) in [4.78, 5) is 15.9. The Hall–Kier alpha value is -0.870. The van der Waals surface area contributed by atoms with Crippen molar-refractivity contribution in [1.82, 2.24) is 5.32 Å². The predicted molar refractivity (Wildman–Crippen MR) is 98.2 cm³/mol. The quantitative estimate of drug-likeness (QED) is 0.863. The Balaban J connectivity index is 1.36. The van der Waals surface area contributed by atoms with Crippen LogP contribution < -0.4 is 10.2 Å². The highest BCUT2D eigenvalue weighted by Gasteiger charge is 2.42. The minimum absolute atomic E-state index is 0.301. The Morgan fingerprint density at radius 1 is 1.08 bits per heavy atom. The number of quaternary nitrogens is 1. The highest BCUT2D eigenvalue weighted by atomic mass is 32.1. The van der Waals surface area contributed by atoms with Crippen LogP contribution in [0.1, 0.15) is 69.1 Å². The predicted octanol–water partition coefficient (Wildman–Crippen LogP) is 2.91. The minimum atomic E-state index is 0.301. The van der Waals surface area contributed by atoms with Gasteiger partial charge in [-0.2, -0.15) is 0 Å². The summed E-state index contributed by atoms with van der Waals surface area (Å²) >= 11 is 1.89. The third-order valence-electron chi connectivity index (χ3n) is 6.57. The van der Waals surface area contributed by atoms with Crippen molar-refractivity contribution in [2.45, 2.75) is 88.9 Å². The summed E-state index contributed by atoms with van der Waals surface area (Å²) in [6.45, 7) is 1.19. The molecule has 1 aromatic rings. The number of hydrogen-bond donors (Lipinski definition) is 2. The van der Waals surface area contributed by atoms with Gasteiger partial charge in [0.25, 0.3) is 0 Å². The molecule has 2 unspecified atom stereocenters. The third-order valence-corrected chi connectivity index (χ3v) is 7.45. The molecule has 4 atom stereocenters. The average molecular weight is 348 g/mol. The lowest BCUT2D eigenvalue weighted by Crippen LogP contribution is -3.20. The number of piperidine rings is 2. The zero-order valence-corrected chi connectivity index (χ0v) is 15.5. The summed E-state index contributed by atoms with van der Waals surface area (Å²) < 4.78 is 0. The van der Waals surface area contributed by atoms with Gasteiger partial charge in [0.2, 0.25) is 5.91 Å². The molecule has 24 heavy (non-hydrogen) atoms. The molecule has 4 rings (SSSR count). The lowest BCUT2D eigenvalue weighted by atomic mass is 9.81. The van der Waals surface area contributed by atoms with Gasteiger partial charge >= 0.3 is 0 Å². The van der Waals surface area contributed by atoms with E-state index in [-0.39, 0.29) is 0 Å². The van der Waals surface area contributed by atoms with Gasteiger partial charge in [0, 0.05) is 24.8 Å². The van der Waals surface area contributed by atoms with E-state index in [0.717, 1.165) is 24.9 Å². The van der Waals surface area contributed by atoms with Crippen molar-refractivity contribution in [3.8, 4) is 0 Å². The molecule has 1 aliphatic carbocycles. The number of carbonyl (C=O) groups is 1. The van der Waals surface area contributed by atoms with Gasteiger partial charge in [-0.25, -0.2) is 0 Å². The van der Waals surface area contributed by atoms with Crippen LogP contribution in [0.25, 0.3) is 0 Å². The second-order valence-electron chi connectivity index (χ2n) is 8.17. The van der Waals surface area contributed by atoms with Crippen molar-refractivity contribution in [2.24, 2.45) is 5.92 Å². The van der Waals surface area contributed by atoms with Crippen molar-refractivity contribution in [3.63, 3.8) is 0 Å². The molecule has 3 fully saturated rings. The number of fused-ring (bicyclic) bond motifs is 2. The molecule has 2 aliphatic heterocycles. The Kier molecular flexibility index (Phi) is 5.23. The number of carbonyl (C=O) groups excluding carboxylic acids is 1. The van der Waals surface area contributed by atoms with Crippen molar-refractivity contribution >= 4 is 17.2 Å². The highest BCUT2D eigenvalue weighted by molar-refractivity contribution is 7.09. The molecule has 2 bridgehead atoms. The number of thiophene rings is 1. The first-order valence-corrected chi connectivity index (χ1v) is 10.9. The molecular formula is C20H31N2OS+. The molecule has 1 aromatic heterocycles. The highest BCUT2D eigenvalue weighted by Crippen LogP contribution is 2.26. The normalized spacial score (nSPS) is 34.0. The smallest absolute Gasteiger partial charge is 0.223 e. The molecule has 1 amide bonds. The van der Waals surface area contributed by atoms with Crippen LogP contribution in [0.4, 0.5) is 0 Å². The van der Waals surface area contributed by atoms with Gasteiger partial charge in [-0.15, -0.1) is 11.3 Å². The molecule has 4 heteroatoms. The molecule has 2 N–H and O–H groups in total. The molecule has 132 valence electrons. The summed E-state index contributed by atoms with van der Waals surface area (Å²) in [6, 6.07) is 6.38. The fourth-order valence-electron chi connectivity index (χ4n) is 5.34. The van der Waals surface area contributed by atoms with E-state index < -0.39 is 0 Å². The van der Waals surface area contributed by atoms with Crippen molar-refractivity contribution < 1.29 is 9.69 Å². The molecule has 0 aromatic carbocycles. The second kappa shape index (κ2) is 7.57. The van der Waals surface area contributed by atoms with E-state index >= 15 is 0 Å². The SMILES string of the molecule is O=C(NC1C[C@H]2CCC[C@@H](C1)[NH+]2Cc1cccs1)C1CCCCC1. The minimum Gasteiger partial charge on any atom is -0.353 e. The van der Waals surface area contributed by atoms with E-state index in [0.29, 0.717) is 17.9 Å². The first kappa shape index (κ1) is 16.6. The summed E-state index contributed by atoms with van der Waals surface area (Å²) in [6.07, 6.45) is 12.5. The summed E-state index contributed by atoms with van der Waals surface area (Å²) in [5.41, 5.74) is 0. The Bertz CT molecular complexity index is 524. The number of amides is 1. The van der Waals surface area contributed by atoms with Crippen LogP contribution in [-0.2, 0) is 11.3 Å². The second-order valence-corrected chi connectivity index (χ2v) is 9.20. The molecule has 0 spiro atoms. The molecule has 3 heterocycles. The van der Waals surface area contributed by atoms with E-state index in [1.165, 1.54) is 62.8 Å². The summed E-state index contributed by atoms with van der Waals surface area (Å²) in [7, 11) is 0. The maximum absolute atomic E-state index is 12.6. The zero-order valence-electron chi connectivity index (χ0n) is 14.6. The monoisotopic (exact) mass is 347 g/mol. The van der Waals surface area contributed by atoms with Crippen LogP contribution in [0.3, 0.4) is 0 Å². The lowest BCUT2D eigenvalue weighted by molar-refractivity contribution is -0.973. The van der Waals surface area contributed by atoms with Crippen LogP contribution in [0, 0.1) is 5.92 Å². The van der Waals surface area contributed by atoms with Crippen LogP contribution in [0.2, 0.25) is 0 Å². The van der Waals surface area contributed by atoms with Crippen LogP contribution in [0.15, 0.2) is 17.5 Å². The van der Waals surface area contributed by atoms with Gasteiger partial charge in [0.15, 0.2) is 0 Å². The molecule has 2 saturated heterocycles. The summed E-state index contributed by atoms with van der Waals surface area (Å²) in [5.74, 6) is 0.662. The standard InChI is InChI=1S/C20H30N2OS/c23-20(15-6-2-1-3-7-15)21-16-12-17-8-4-9-18(13-16)22(17)14-19-10-5-11-24-19/h5,10-11,15-18H,1-4,6-9,12-14H2,(H,21,23)/p+1/t16?,17-,18+. The lowest BCUT2D eigenvalue weighted by Gasteiger charge is -2.46. The Labute approximate surface area is 149 Å². The Morgan fingerprint density at radius 3 is 2.50 bits per heavy atom. The topological polar surface area (TPSA) is 33.5 Å². The number of rotatable bonds is 4. The number of hydrogen-bond acceptors (Lipinski definition) is 2. The molecule has 1 saturated carbocycles. The van der Waals surface area contributed by atoms with E-state index in [1.807, 2.05) is 11.3 Å². The van der Waals surface area contributed by atoms with Crippen LogP contribution in [-0.4, -0.2) is 24.0 Å². The molecule has 0 radical (unpaired) electrons. The van der Waals surface area contributed by atoms with Crippen molar-refractivity contribution in [3.05, 3.63) is 22.4 Å². The van der Waals surface area contributed by atoms with Crippen LogP contribution >= 0.6 is 11.3 Å². The third kappa shape index (κ3) is 3.70. The average Bonchev–Trinajstić information content (AvgIpc) is 3.09. The van der Waals surface area contributed by atoms with Crippen LogP contribution in [0.5, 0.6) is 0 Å². The maximum atomic E-state index is 12.6. The largest absolute Gasteiger partial charge is 0.353 e.